The van der Waals surface area contributed by atoms with Gasteiger partial charge in [0.1, 0.15) is 0 Å². The minimum atomic E-state index is -0.331. The average molecular weight is 485 g/mol. The Bertz CT molecular complexity index is 749. The molecule has 118 valence electrons. The zero-order valence-corrected chi connectivity index (χ0v) is 15.9. The molecule has 1 saturated heterocycles. The van der Waals surface area contributed by atoms with Crippen molar-refractivity contribution in [3.05, 3.63) is 56.6 Å². The molecule has 1 heterocycles. The molecule has 4 nitrogen and oxygen atoms in total. The Morgan fingerprint density at radius 2 is 1.87 bits per heavy atom. The molecule has 0 unspecified atom stereocenters. The molecule has 0 aromatic heterocycles. The molecule has 1 aliphatic heterocycles. The van der Waals surface area contributed by atoms with E-state index in [-0.39, 0.29) is 24.2 Å². The number of nitrogens with zero attached hydrogens (tertiary/aromatic N) is 1. The Hall–Kier alpha value is -1.41. The van der Waals surface area contributed by atoms with Gasteiger partial charge in [0.05, 0.1) is 11.6 Å². The third-order valence-electron chi connectivity index (χ3n) is 3.77. The number of rotatable bonds is 3. The maximum absolute atomic E-state index is 12.4. The van der Waals surface area contributed by atoms with Gasteiger partial charge < -0.3 is 10.2 Å². The fraction of sp³-hybridized carbons (Fsp3) is 0.176. The molecule has 0 bridgehead atoms. The van der Waals surface area contributed by atoms with Crippen LogP contribution in [0.3, 0.4) is 0 Å². The van der Waals surface area contributed by atoms with E-state index in [1.165, 1.54) is 0 Å². The Kier molecular flexibility index (Phi) is 5.01. The van der Waals surface area contributed by atoms with E-state index >= 15 is 0 Å². The van der Waals surface area contributed by atoms with Gasteiger partial charge in [-0.15, -0.1) is 0 Å². The van der Waals surface area contributed by atoms with Gasteiger partial charge in [-0.25, -0.2) is 0 Å². The van der Waals surface area contributed by atoms with E-state index in [4.69, 9.17) is 0 Å². The topological polar surface area (TPSA) is 49.4 Å². The van der Waals surface area contributed by atoms with Crippen LogP contribution in [0.15, 0.2) is 53.0 Å². The maximum atomic E-state index is 12.4. The van der Waals surface area contributed by atoms with Crippen molar-refractivity contribution in [3.8, 4) is 0 Å². The number of anilines is 2. The lowest BCUT2D eigenvalue weighted by molar-refractivity contribution is -0.122. The van der Waals surface area contributed by atoms with E-state index in [2.05, 4.69) is 43.8 Å². The van der Waals surface area contributed by atoms with Crippen LogP contribution in [0.5, 0.6) is 0 Å². The molecule has 3 rings (SSSR count). The smallest absolute Gasteiger partial charge is 0.229 e. The minimum Gasteiger partial charge on any atom is -0.325 e. The summed E-state index contributed by atoms with van der Waals surface area (Å²) in [6, 6.07) is 15.1. The van der Waals surface area contributed by atoms with Gasteiger partial charge in [-0.1, -0.05) is 28.1 Å². The van der Waals surface area contributed by atoms with Crippen molar-refractivity contribution in [2.24, 2.45) is 5.92 Å². The third-order valence-corrected chi connectivity index (χ3v) is 5.24. The van der Waals surface area contributed by atoms with E-state index in [9.17, 15) is 9.59 Å². The first kappa shape index (κ1) is 16.4. The van der Waals surface area contributed by atoms with E-state index < -0.39 is 0 Å². The lowest BCUT2D eigenvalue weighted by atomic mass is 10.1. The van der Waals surface area contributed by atoms with Crippen molar-refractivity contribution in [2.75, 3.05) is 16.8 Å². The summed E-state index contributed by atoms with van der Waals surface area (Å²) in [4.78, 5) is 26.3. The molecule has 2 aromatic rings. The van der Waals surface area contributed by atoms with Gasteiger partial charge in [-0.05, 0) is 59.0 Å². The van der Waals surface area contributed by atoms with Gasteiger partial charge in [0.25, 0.3) is 0 Å². The van der Waals surface area contributed by atoms with Crippen LogP contribution in [0.1, 0.15) is 6.42 Å². The van der Waals surface area contributed by atoms with Crippen molar-refractivity contribution in [3.63, 3.8) is 0 Å². The van der Waals surface area contributed by atoms with Crippen molar-refractivity contribution in [2.45, 2.75) is 6.42 Å². The van der Waals surface area contributed by atoms with Crippen LogP contribution in [-0.2, 0) is 9.59 Å². The van der Waals surface area contributed by atoms with Crippen LogP contribution in [0.2, 0.25) is 0 Å². The summed E-state index contributed by atoms with van der Waals surface area (Å²) in [5.41, 5.74) is 1.61. The summed E-state index contributed by atoms with van der Waals surface area (Å²) in [7, 11) is 0. The summed E-state index contributed by atoms with van der Waals surface area (Å²) in [6.45, 7) is 0.412. The molecule has 1 N–H and O–H groups in total. The number of carbonyl (C=O) groups excluding carboxylic acids is 2. The van der Waals surface area contributed by atoms with Gasteiger partial charge in [0.15, 0.2) is 0 Å². The molecule has 23 heavy (non-hydrogen) atoms. The van der Waals surface area contributed by atoms with Crippen LogP contribution >= 0.6 is 38.5 Å². The summed E-state index contributed by atoms with van der Waals surface area (Å²) in [5, 5.41) is 2.92. The molecule has 0 aliphatic carbocycles. The quantitative estimate of drug-likeness (QED) is 0.668. The number of para-hydroxylation sites is 1. The summed E-state index contributed by atoms with van der Waals surface area (Å²) in [5.74, 6) is -0.459. The number of carbonyl (C=O) groups is 2. The molecule has 0 spiro atoms. The summed E-state index contributed by atoms with van der Waals surface area (Å²) >= 11 is 5.56. The number of benzene rings is 2. The fourth-order valence-electron chi connectivity index (χ4n) is 2.55. The number of halogens is 2. The molecular formula is C17H14BrIN2O2. The van der Waals surface area contributed by atoms with Crippen LogP contribution in [0, 0.1) is 9.49 Å². The predicted octanol–water partition coefficient (Wildman–Crippen LogP) is 4.05. The van der Waals surface area contributed by atoms with E-state index in [0.29, 0.717) is 6.54 Å². The van der Waals surface area contributed by atoms with Crippen molar-refractivity contribution in [1.82, 2.24) is 0 Å². The summed E-state index contributed by atoms with van der Waals surface area (Å²) in [6.07, 6.45) is 0.241. The highest BCUT2D eigenvalue weighted by Crippen LogP contribution is 2.27. The van der Waals surface area contributed by atoms with Crippen molar-refractivity contribution < 1.29 is 9.59 Å². The number of amides is 2. The molecule has 2 aromatic carbocycles. The van der Waals surface area contributed by atoms with Gasteiger partial charge in [0, 0.05) is 26.7 Å². The van der Waals surface area contributed by atoms with Crippen LogP contribution in [0.25, 0.3) is 0 Å². The second-order valence-electron chi connectivity index (χ2n) is 5.35. The zero-order chi connectivity index (χ0) is 16.4. The lowest BCUT2D eigenvalue weighted by Crippen LogP contribution is -2.28. The second-order valence-corrected chi connectivity index (χ2v) is 7.43. The van der Waals surface area contributed by atoms with E-state index in [0.717, 1.165) is 19.4 Å². The predicted molar refractivity (Wildman–Crippen MR) is 102 cm³/mol. The highest BCUT2D eigenvalue weighted by atomic mass is 127. The first-order chi connectivity index (χ1) is 11.0. The Morgan fingerprint density at radius 1 is 1.17 bits per heavy atom. The van der Waals surface area contributed by atoms with E-state index in [1.807, 2.05) is 48.5 Å². The molecule has 2 amide bonds. The minimum absolute atomic E-state index is 0.0183. The molecule has 0 saturated carbocycles. The van der Waals surface area contributed by atoms with Crippen molar-refractivity contribution >= 4 is 61.7 Å². The molecule has 1 atom stereocenters. The molecule has 0 radical (unpaired) electrons. The number of hydrogen-bond donors (Lipinski definition) is 1. The lowest BCUT2D eigenvalue weighted by Gasteiger charge is -2.17. The van der Waals surface area contributed by atoms with Crippen LogP contribution in [-0.4, -0.2) is 18.4 Å². The van der Waals surface area contributed by atoms with Crippen LogP contribution < -0.4 is 10.2 Å². The Morgan fingerprint density at radius 3 is 2.57 bits per heavy atom. The molecule has 1 aliphatic rings. The van der Waals surface area contributed by atoms with Crippen LogP contribution in [0.4, 0.5) is 11.4 Å². The number of hydrogen-bond acceptors (Lipinski definition) is 2. The maximum Gasteiger partial charge on any atom is 0.229 e. The SMILES string of the molecule is O=C(Nc1ccccc1I)[C@@H]1CC(=O)N(c2ccc(Br)cc2)C1. The first-order valence-electron chi connectivity index (χ1n) is 7.16. The first-order valence-corrected chi connectivity index (χ1v) is 9.03. The van der Waals surface area contributed by atoms with E-state index in [1.54, 1.807) is 4.90 Å². The Labute approximate surface area is 156 Å². The Balaban J connectivity index is 1.71. The highest BCUT2D eigenvalue weighted by Gasteiger charge is 2.35. The van der Waals surface area contributed by atoms with Gasteiger partial charge in [-0.3, -0.25) is 9.59 Å². The largest absolute Gasteiger partial charge is 0.325 e. The normalized spacial score (nSPS) is 17.4. The summed E-state index contributed by atoms with van der Waals surface area (Å²) < 4.78 is 1.94. The van der Waals surface area contributed by atoms with Gasteiger partial charge in [-0.2, -0.15) is 0 Å². The third kappa shape index (κ3) is 3.74. The standard InChI is InChI=1S/C17H14BrIN2O2/c18-12-5-7-13(8-6-12)21-10-11(9-16(21)22)17(23)20-15-4-2-1-3-14(15)19/h1-8,11H,9-10H2,(H,20,23)/t11-/m1/s1. The average Bonchev–Trinajstić information content (AvgIpc) is 2.92. The number of nitrogens with one attached hydrogen (secondary N) is 1. The highest BCUT2D eigenvalue weighted by molar-refractivity contribution is 14.1. The molecule has 1 fully saturated rings. The molecular weight excluding hydrogens is 471 g/mol. The van der Waals surface area contributed by atoms with Gasteiger partial charge >= 0.3 is 0 Å². The van der Waals surface area contributed by atoms with Crippen molar-refractivity contribution in [1.29, 1.82) is 0 Å². The fourth-order valence-corrected chi connectivity index (χ4v) is 3.34. The monoisotopic (exact) mass is 484 g/mol. The molecule has 6 heteroatoms. The second kappa shape index (κ2) is 7.00. The van der Waals surface area contributed by atoms with Gasteiger partial charge in [0.2, 0.25) is 11.8 Å². The zero-order valence-electron chi connectivity index (χ0n) is 12.1.